The minimum absolute atomic E-state index is 0.00423. The van der Waals surface area contributed by atoms with Crippen molar-refractivity contribution in [2.24, 2.45) is 0 Å². The van der Waals surface area contributed by atoms with Gasteiger partial charge in [0, 0.05) is 12.1 Å². The van der Waals surface area contributed by atoms with Gasteiger partial charge in [0.05, 0.1) is 10.0 Å². The van der Waals surface area contributed by atoms with Crippen LogP contribution >= 0.6 is 23.2 Å². The van der Waals surface area contributed by atoms with Crippen LogP contribution < -0.4 is 14.2 Å². The number of aromatic hydroxyl groups is 1. The normalized spacial score (nSPS) is 12.5. The third-order valence-electron chi connectivity index (χ3n) is 2.80. The van der Waals surface area contributed by atoms with Gasteiger partial charge in [-0.05, 0) is 17.7 Å². The van der Waals surface area contributed by atoms with Gasteiger partial charge >= 0.3 is 0 Å². The Labute approximate surface area is 125 Å². The topological polar surface area (TPSA) is 47.9 Å². The van der Waals surface area contributed by atoms with Crippen molar-refractivity contribution < 1.29 is 19.3 Å². The number of hydrogen-bond acceptors (Lipinski definition) is 4. The zero-order valence-electron chi connectivity index (χ0n) is 10.2. The lowest BCUT2D eigenvalue weighted by Crippen LogP contribution is -1.97. The van der Waals surface area contributed by atoms with Crippen LogP contribution in [0, 0.1) is 0 Å². The fraction of sp³-hybridized carbons (Fsp3) is 0.143. The third kappa shape index (κ3) is 2.57. The van der Waals surface area contributed by atoms with Gasteiger partial charge < -0.3 is 19.3 Å². The first kappa shape index (κ1) is 13.2. The van der Waals surface area contributed by atoms with Gasteiger partial charge in [0.25, 0.3) is 0 Å². The lowest BCUT2D eigenvalue weighted by molar-refractivity contribution is 0.174. The number of rotatable bonds is 3. The lowest BCUT2D eigenvalue weighted by Gasteiger charge is -2.10. The summed E-state index contributed by atoms with van der Waals surface area (Å²) >= 11 is 12.0. The van der Waals surface area contributed by atoms with Crippen LogP contribution in [-0.4, -0.2) is 11.9 Å². The molecular weight excluding hydrogens is 303 g/mol. The van der Waals surface area contributed by atoms with E-state index >= 15 is 0 Å². The van der Waals surface area contributed by atoms with E-state index in [1.165, 1.54) is 12.1 Å². The number of phenolic OH excluding ortho intramolecular Hbond substituents is 1. The van der Waals surface area contributed by atoms with Crippen LogP contribution in [0.15, 0.2) is 30.3 Å². The van der Waals surface area contributed by atoms with Crippen molar-refractivity contribution >= 4 is 23.2 Å². The minimum atomic E-state index is -0.00423. The summed E-state index contributed by atoms with van der Waals surface area (Å²) in [5.74, 6) is 1.74. The van der Waals surface area contributed by atoms with E-state index < -0.39 is 0 Å². The molecule has 0 bridgehead atoms. The number of benzene rings is 2. The molecule has 0 spiro atoms. The monoisotopic (exact) mass is 312 g/mol. The van der Waals surface area contributed by atoms with Crippen molar-refractivity contribution in [2.75, 3.05) is 6.79 Å². The quantitative estimate of drug-likeness (QED) is 0.930. The maximum atomic E-state index is 9.35. The fourth-order valence-electron chi connectivity index (χ4n) is 1.87. The Balaban J connectivity index is 1.77. The smallest absolute Gasteiger partial charge is 0.231 e. The minimum Gasteiger partial charge on any atom is -0.508 e. The van der Waals surface area contributed by atoms with Gasteiger partial charge in [-0.25, -0.2) is 0 Å². The highest BCUT2D eigenvalue weighted by molar-refractivity contribution is 6.37. The van der Waals surface area contributed by atoms with E-state index in [0.717, 1.165) is 11.3 Å². The largest absolute Gasteiger partial charge is 0.508 e. The molecule has 0 atom stereocenters. The number of phenols is 1. The Bertz CT molecular complexity index is 635. The highest BCUT2D eigenvalue weighted by Gasteiger charge is 2.14. The molecule has 1 aliphatic rings. The Morgan fingerprint density at radius 1 is 1.05 bits per heavy atom. The average Bonchev–Trinajstić information content (AvgIpc) is 2.84. The van der Waals surface area contributed by atoms with Crippen LogP contribution in [0.2, 0.25) is 10.0 Å². The standard InChI is InChI=1S/C14H10Cl2O4/c15-10-4-9(17)5-11(16)14(10)18-6-8-1-2-12-13(3-8)20-7-19-12/h1-5,17H,6-7H2. The zero-order valence-corrected chi connectivity index (χ0v) is 11.7. The number of ether oxygens (including phenoxy) is 3. The van der Waals surface area contributed by atoms with E-state index in [1.54, 1.807) is 0 Å². The van der Waals surface area contributed by atoms with E-state index in [2.05, 4.69) is 0 Å². The first-order valence-electron chi connectivity index (χ1n) is 5.83. The van der Waals surface area contributed by atoms with Gasteiger partial charge in [-0.3, -0.25) is 0 Å². The molecule has 6 heteroatoms. The van der Waals surface area contributed by atoms with Gasteiger partial charge in [0.2, 0.25) is 6.79 Å². The molecule has 104 valence electrons. The predicted octanol–water partition coefficient (Wildman–Crippen LogP) is 4.01. The molecule has 0 amide bonds. The van der Waals surface area contributed by atoms with E-state index in [1.807, 2.05) is 18.2 Å². The first-order chi connectivity index (χ1) is 9.63. The van der Waals surface area contributed by atoms with Gasteiger partial charge in [0.15, 0.2) is 17.2 Å². The highest BCUT2D eigenvalue weighted by Crippen LogP contribution is 2.37. The van der Waals surface area contributed by atoms with Crippen molar-refractivity contribution in [1.29, 1.82) is 0 Å². The molecule has 4 nitrogen and oxygen atoms in total. The molecule has 3 rings (SSSR count). The molecular formula is C14H10Cl2O4. The molecule has 1 aliphatic heterocycles. The number of hydrogen-bond donors (Lipinski definition) is 1. The molecule has 1 heterocycles. The maximum Gasteiger partial charge on any atom is 0.231 e. The Kier molecular flexibility index (Phi) is 3.51. The van der Waals surface area contributed by atoms with Gasteiger partial charge in [-0.2, -0.15) is 0 Å². The van der Waals surface area contributed by atoms with Crippen molar-refractivity contribution in [3.05, 3.63) is 45.9 Å². The van der Waals surface area contributed by atoms with Crippen LogP contribution in [0.3, 0.4) is 0 Å². The highest BCUT2D eigenvalue weighted by atomic mass is 35.5. The number of fused-ring (bicyclic) bond motifs is 1. The predicted molar refractivity (Wildman–Crippen MR) is 75.0 cm³/mol. The summed E-state index contributed by atoms with van der Waals surface area (Å²) in [6.45, 7) is 0.510. The van der Waals surface area contributed by atoms with Crippen molar-refractivity contribution in [1.82, 2.24) is 0 Å². The van der Waals surface area contributed by atoms with Crippen molar-refractivity contribution in [2.45, 2.75) is 6.61 Å². The van der Waals surface area contributed by atoms with Gasteiger partial charge in [-0.15, -0.1) is 0 Å². The van der Waals surface area contributed by atoms with E-state index in [4.69, 9.17) is 37.4 Å². The van der Waals surface area contributed by atoms with E-state index in [-0.39, 0.29) is 29.2 Å². The summed E-state index contributed by atoms with van der Waals surface area (Å²) in [6.07, 6.45) is 0. The van der Waals surface area contributed by atoms with Crippen LogP contribution in [0.25, 0.3) is 0 Å². The molecule has 0 saturated heterocycles. The maximum absolute atomic E-state index is 9.35. The Morgan fingerprint density at radius 3 is 2.50 bits per heavy atom. The first-order valence-corrected chi connectivity index (χ1v) is 6.58. The van der Waals surface area contributed by atoms with Crippen LogP contribution in [-0.2, 0) is 6.61 Å². The molecule has 2 aromatic rings. The third-order valence-corrected chi connectivity index (χ3v) is 3.36. The van der Waals surface area contributed by atoms with E-state index in [0.29, 0.717) is 11.5 Å². The number of halogens is 2. The molecule has 0 aliphatic carbocycles. The average molecular weight is 313 g/mol. The zero-order chi connectivity index (χ0) is 14.1. The van der Waals surface area contributed by atoms with Crippen LogP contribution in [0.4, 0.5) is 0 Å². The molecule has 0 aromatic heterocycles. The molecule has 2 aromatic carbocycles. The van der Waals surface area contributed by atoms with Crippen molar-refractivity contribution in [3.63, 3.8) is 0 Å². The summed E-state index contributed by atoms with van der Waals surface area (Å²) < 4.78 is 16.1. The molecule has 20 heavy (non-hydrogen) atoms. The van der Waals surface area contributed by atoms with Crippen LogP contribution in [0.5, 0.6) is 23.0 Å². The SMILES string of the molecule is Oc1cc(Cl)c(OCc2ccc3c(c2)OCO3)c(Cl)c1. The second-order valence-electron chi connectivity index (χ2n) is 4.21. The second-order valence-corrected chi connectivity index (χ2v) is 5.03. The second kappa shape index (κ2) is 5.31. The summed E-state index contributed by atoms with van der Waals surface area (Å²) in [5.41, 5.74) is 0.898. The lowest BCUT2D eigenvalue weighted by atomic mass is 10.2. The summed E-state index contributed by atoms with van der Waals surface area (Å²) in [7, 11) is 0. The summed E-state index contributed by atoms with van der Waals surface area (Å²) in [5, 5.41) is 9.87. The van der Waals surface area contributed by atoms with Crippen molar-refractivity contribution in [3.8, 4) is 23.0 Å². The summed E-state index contributed by atoms with van der Waals surface area (Å²) in [6, 6.07) is 8.28. The molecule has 0 radical (unpaired) electrons. The molecule has 1 N–H and O–H groups in total. The fourth-order valence-corrected chi connectivity index (χ4v) is 2.46. The molecule has 0 saturated carbocycles. The summed E-state index contributed by atoms with van der Waals surface area (Å²) in [4.78, 5) is 0. The van der Waals surface area contributed by atoms with Gasteiger partial charge in [-0.1, -0.05) is 29.3 Å². The molecule has 0 unspecified atom stereocenters. The Morgan fingerprint density at radius 2 is 1.75 bits per heavy atom. The Hall–Kier alpha value is -1.78. The molecule has 0 fully saturated rings. The van der Waals surface area contributed by atoms with Gasteiger partial charge in [0.1, 0.15) is 12.4 Å². The van der Waals surface area contributed by atoms with E-state index in [9.17, 15) is 5.11 Å². The van der Waals surface area contributed by atoms with Crippen LogP contribution in [0.1, 0.15) is 5.56 Å².